The van der Waals surface area contributed by atoms with Gasteiger partial charge in [-0.25, -0.2) is 4.79 Å². The number of nitrogens with one attached hydrogen (secondary N) is 1. The second-order valence-electron chi connectivity index (χ2n) is 6.28. The molecule has 1 heterocycles. The molecule has 2 amide bonds. The summed E-state index contributed by atoms with van der Waals surface area (Å²) in [4.78, 5) is 26.5. The number of hydrogen-bond acceptors (Lipinski definition) is 3. The fourth-order valence-corrected chi connectivity index (χ4v) is 3.15. The van der Waals surface area contributed by atoms with Crippen LogP contribution in [0.15, 0.2) is 54.6 Å². The van der Waals surface area contributed by atoms with Crippen molar-refractivity contribution in [2.75, 3.05) is 18.4 Å². The first-order valence-electron chi connectivity index (χ1n) is 8.64. The van der Waals surface area contributed by atoms with E-state index in [1.807, 2.05) is 48.5 Å². The normalized spacial score (nSPS) is 16.8. The van der Waals surface area contributed by atoms with Crippen LogP contribution in [0.3, 0.4) is 0 Å². The first-order valence-corrected chi connectivity index (χ1v) is 9.02. The lowest BCUT2D eigenvalue weighted by atomic mass is 9.98. The van der Waals surface area contributed by atoms with E-state index in [2.05, 4.69) is 5.32 Å². The smallest absolute Gasteiger partial charge is 0.321 e. The molecule has 1 unspecified atom stereocenters. The Kier molecular flexibility index (Phi) is 6.12. The highest BCUT2D eigenvalue weighted by Gasteiger charge is 2.29. The summed E-state index contributed by atoms with van der Waals surface area (Å²) in [5.41, 5.74) is 1.51. The van der Waals surface area contributed by atoms with Crippen molar-refractivity contribution in [2.45, 2.75) is 19.4 Å². The van der Waals surface area contributed by atoms with E-state index in [0.717, 1.165) is 24.1 Å². The highest BCUT2D eigenvalue weighted by molar-refractivity contribution is 6.31. The van der Waals surface area contributed by atoms with Crippen molar-refractivity contribution in [2.24, 2.45) is 5.92 Å². The molecular formula is C20H21ClN2O3. The topological polar surface area (TPSA) is 58.6 Å². The number of rotatable bonds is 4. The van der Waals surface area contributed by atoms with Crippen LogP contribution in [-0.2, 0) is 16.1 Å². The van der Waals surface area contributed by atoms with Gasteiger partial charge in [-0.15, -0.1) is 0 Å². The quantitative estimate of drug-likeness (QED) is 0.813. The van der Waals surface area contributed by atoms with Gasteiger partial charge in [-0.05, 0) is 31.0 Å². The van der Waals surface area contributed by atoms with Crippen molar-refractivity contribution >= 4 is 29.3 Å². The number of amides is 2. The maximum atomic E-state index is 12.4. The fourth-order valence-electron chi connectivity index (χ4n) is 2.96. The Morgan fingerprint density at radius 2 is 1.85 bits per heavy atom. The first-order chi connectivity index (χ1) is 12.6. The van der Waals surface area contributed by atoms with Crippen LogP contribution in [0.5, 0.6) is 0 Å². The van der Waals surface area contributed by atoms with Gasteiger partial charge in [0.2, 0.25) is 0 Å². The molecule has 0 radical (unpaired) electrons. The number of carbonyl (C=O) groups excluding carboxylic acids is 2. The number of nitrogens with zero attached hydrogens (tertiary/aromatic N) is 1. The second-order valence-corrected chi connectivity index (χ2v) is 6.69. The lowest BCUT2D eigenvalue weighted by Gasteiger charge is -2.31. The highest BCUT2D eigenvalue weighted by Crippen LogP contribution is 2.21. The average molecular weight is 373 g/mol. The summed E-state index contributed by atoms with van der Waals surface area (Å²) in [5.74, 6) is -0.602. The lowest BCUT2D eigenvalue weighted by Crippen LogP contribution is -2.44. The Labute approximate surface area is 157 Å². The zero-order chi connectivity index (χ0) is 18.4. The standard InChI is InChI=1S/C20H21ClN2O3/c21-18-11-5-4-7-16(18)14-26-19(24)15-8-6-12-23(13-15)20(25)22-17-9-2-1-3-10-17/h1-5,7,9-11,15H,6,8,12-14H2,(H,22,25). The monoisotopic (exact) mass is 372 g/mol. The van der Waals surface area contributed by atoms with E-state index in [9.17, 15) is 9.59 Å². The van der Waals surface area contributed by atoms with Gasteiger partial charge in [-0.2, -0.15) is 0 Å². The third kappa shape index (κ3) is 4.76. The molecule has 0 aromatic heterocycles. The van der Waals surface area contributed by atoms with Crippen molar-refractivity contribution < 1.29 is 14.3 Å². The largest absolute Gasteiger partial charge is 0.460 e. The van der Waals surface area contributed by atoms with Gasteiger partial charge in [0.05, 0.1) is 5.92 Å². The number of benzene rings is 2. The number of likely N-dealkylation sites (tertiary alicyclic amines) is 1. The molecule has 0 aliphatic carbocycles. The molecule has 2 aromatic rings. The fraction of sp³-hybridized carbons (Fsp3) is 0.300. The minimum atomic E-state index is -0.312. The molecule has 2 aromatic carbocycles. The number of urea groups is 1. The van der Waals surface area contributed by atoms with Gasteiger partial charge in [-0.3, -0.25) is 4.79 Å². The van der Waals surface area contributed by atoms with Gasteiger partial charge in [0.25, 0.3) is 0 Å². The van der Waals surface area contributed by atoms with Gasteiger partial charge >= 0.3 is 12.0 Å². The lowest BCUT2D eigenvalue weighted by molar-refractivity contribution is -0.151. The molecule has 1 fully saturated rings. The van der Waals surface area contributed by atoms with Gasteiger partial charge in [0, 0.05) is 29.4 Å². The predicted molar refractivity (Wildman–Crippen MR) is 101 cm³/mol. The number of para-hydroxylation sites is 1. The molecule has 1 aliphatic heterocycles. The molecule has 6 heteroatoms. The SMILES string of the molecule is O=C(OCc1ccccc1Cl)C1CCCN(C(=O)Nc2ccccc2)C1. The summed E-state index contributed by atoms with van der Waals surface area (Å²) in [6.07, 6.45) is 1.49. The number of ether oxygens (including phenoxy) is 1. The Hall–Kier alpha value is -2.53. The number of carbonyl (C=O) groups is 2. The molecule has 0 spiro atoms. The summed E-state index contributed by atoms with van der Waals surface area (Å²) < 4.78 is 5.41. The van der Waals surface area contributed by atoms with Gasteiger partial charge in [0.15, 0.2) is 0 Å². The van der Waals surface area contributed by atoms with Crippen molar-refractivity contribution in [1.29, 1.82) is 0 Å². The number of piperidine rings is 1. The van der Waals surface area contributed by atoms with Gasteiger partial charge < -0.3 is 15.0 Å². The van der Waals surface area contributed by atoms with E-state index in [4.69, 9.17) is 16.3 Å². The number of anilines is 1. The molecule has 1 saturated heterocycles. The predicted octanol–water partition coefficient (Wildman–Crippen LogP) is 4.33. The van der Waals surface area contributed by atoms with Gasteiger partial charge in [0.1, 0.15) is 6.61 Å². The summed E-state index contributed by atoms with van der Waals surface area (Å²) >= 11 is 6.08. The van der Waals surface area contributed by atoms with E-state index in [1.54, 1.807) is 11.0 Å². The Morgan fingerprint density at radius 1 is 1.12 bits per heavy atom. The van der Waals surface area contributed by atoms with Crippen molar-refractivity contribution in [3.8, 4) is 0 Å². The number of halogens is 1. The molecule has 0 saturated carbocycles. The van der Waals surface area contributed by atoms with Crippen LogP contribution in [0, 0.1) is 5.92 Å². The molecule has 0 bridgehead atoms. The molecular weight excluding hydrogens is 352 g/mol. The van der Waals surface area contributed by atoms with Crippen LogP contribution in [0.1, 0.15) is 18.4 Å². The first kappa shape index (κ1) is 18.3. The minimum absolute atomic E-state index is 0.144. The molecule has 136 valence electrons. The van der Waals surface area contributed by atoms with Crippen LogP contribution >= 0.6 is 11.6 Å². The summed E-state index contributed by atoms with van der Waals surface area (Å²) in [5, 5.41) is 3.43. The third-order valence-corrected chi connectivity index (χ3v) is 4.76. The second kappa shape index (κ2) is 8.72. The molecule has 1 aliphatic rings. The number of esters is 1. The summed E-state index contributed by atoms with van der Waals surface area (Å²) in [6, 6.07) is 16.4. The maximum Gasteiger partial charge on any atom is 0.321 e. The third-order valence-electron chi connectivity index (χ3n) is 4.39. The zero-order valence-corrected chi connectivity index (χ0v) is 15.1. The van der Waals surface area contributed by atoms with E-state index >= 15 is 0 Å². The van der Waals surface area contributed by atoms with Crippen molar-refractivity contribution in [3.05, 3.63) is 65.2 Å². The highest BCUT2D eigenvalue weighted by atomic mass is 35.5. The Balaban J connectivity index is 1.53. The van der Waals surface area contributed by atoms with E-state index < -0.39 is 0 Å². The van der Waals surface area contributed by atoms with Crippen LogP contribution in [0.2, 0.25) is 5.02 Å². The molecule has 1 N–H and O–H groups in total. The maximum absolute atomic E-state index is 12.4. The zero-order valence-electron chi connectivity index (χ0n) is 14.4. The summed E-state index contributed by atoms with van der Waals surface area (Å²) in [7, 11) is 0. The van der Waals surface area contributed by atoms with Crippen molar-refractivity contribution in [1.82, 2.24) is 4.90 Å². The van der Waals surface area contributed by atoms with E-state index in [1.165, 1.54) is 0 Å². The molecule has 3 rings (SSSR count). The molecule has 26 heavy (non-hydrogen) atoms. The summed E-state index contributed by atoms with van der Waals surface area (Å²) in [6.45, 7) is 1.14. The minimum Gasteiger partial charge on any atom is -0.460 e. The average Bonchev–Trinajstić information content (AvgIpc) is 2.68. The van der Waals surface area contributed by atoms with Crippen molar-refractivity contribution in [3.63, 3.8) is 0 Å². The van der Waals surface area contributed by atoms with E-state index in [0.29, 0.717) is 18.1 Å². The number of hydrogen-bond donors (Lipinski definition) is 1. The van der Waals surface area contributed by atoms with E-state index in [-0.39, 0.29) is 24.5 Å². The van der Waals surface area contributed by atoms with Crippen LogP contribution in [0.4, 0.5) is 10.5 Å². The van der Waals surface area contributed by atoms with Crippen LogP contribution in [0.25, 0.3) is 0 Å². The Bertz CT molecular complexity index is 767. The molecule has 1 atom stereocenters. The molecule has 5 nitrogen and oxygen atoms in total. The van der Waals surface area contributed by atoms with Gasteiger partial charge in [-0.1, -0.05) is 48.0 Å². The van der Waals surface area contributed by atoms with Crippen LogP contribution in [-0.4, -0.2) is 30.0 Å². The van der Waals surface area contributed by atoms with Crippen LogP contribution < -0.4 is 5.32 Å². The Morgan fingerprint density at radius 3 is 2.62 bits per heavy atom.